The highest BCUT2D eigenvalue weighted by Crippen LogP contribution is 2.26. The molecule has 0 aliphatic rings. The average Bonchev–Trinajstić information content (AvgIpc) is 3.27. The van der Waals surface area contributed by atoms with E-state index in [0.29, 0.717) is 0 Å². The minimum atomic E-state index is 0.0840. The van der Waals surface area contributed by atoms with Gasteiger partial charge in [-0.05, 0) is 93.2 Å². The second kappa shape index (κ2) is 16.8. The van der Waals surface area contributed by atoms with Crippen molar-refractivity contribution in [3.8, 4) is 0 Å². The Hall–Kier alpha value is -2.23. The van der Waals surface area contributed by atoms with Gasteiger partial charge in [-0.15, -0.1) is 0 Å². The molecule has 2 rings (SSSR count). The number of rotatable bonds is 17. The van der Waals surface area contributed by atoms with Crippen molar-refractivity contribution in [1.82, 2.24) is 9.78 Å². The van der Waals surface area contributed by atoms with Crippen LogP contribution in [0, 0.1) is 18.8 Å². The molecule has 0 aliphatic heterocycles. The first-order valence-electron chi connectivity index (χ1n) is 16.1. The zero-order valence-corrected chi connectivity index (χ0v) is 26.8. The number of aromatic amines is 1. The van der Waals surface area contributed by atoms with E-state index in [0.717, 1.165) is 53.9 Å². The molecule has 4 heteroatoms. The van der Waals surface area contributed by atoms with Crippen LogP contribution in [0.5, 0.6) is 0 Å². The number of unbranched alkanes of at least 4 members (excludes halogenated alkanes) is 2. The van der Waals surface area contributed by atoms with Crippen LogP contribution in [0.4, 0.5) is 5.69 Å². The molecule has 2 aromatic rings. The molecular formula is C35H59N3O. The third-order valence-electron chi connectivity index (χ3n) is 8.90. The fourth-order valence-electron chi connectivity index (χ4n) is 5.51. The van der Waals surface area contributed by atoms with Gasteiger partial charge in [0.2, 0.25) is 0 Å². The number of aromatic nitrogens is 2. The third-order valence-corrected chi connectivity index (χ3v) is 8.90. The average molecular weight is 538 g/mol. The normalized spacial score (nSPS) is 15.4. The van der Waals surface area contributed by atoms with Crippen molar-refractivity contribution in [2.24, 2.45) is 11.8 Å². The van der Waals surface area contributed by atoms with Crippen LogP contribution in [0.15, 0.2) is 23.0 Å². The van der Waals surface area contributed by atoms with Crippen molar-refractivity contribution in [2.45, 2.75) is 133 Å². The van der Waals surface area contributed by atoms with Crippen molar-refractivity contribution >= 4 is 17.3 Å². The van der Waals surface area contributed by atoms with Crippen LogP contribution >= 0.6 is 0 Å². The van der Waals surface area contributed by atoms with Gasteiger partial charge >= 0.3 is 0 Å². The van der Waals surface area contributed by atoms with Crippen LogP contribution in [0.3, 0.4) is 0 Å². The summed E-state index contributed by atoms with van der Waals surface area (Å²) in [5.41, 5.74) is 5.00. The van der Waals surface area contributed by atoms with E-state index in [1.54, 1.807) is 0 Å². The minimum absolute atomic E-state index is 0.0840. The van der Waals surface area contributed by atoms with Crippen molar-refractivity contribution < 1.29 is 0 Å². The van der Waals surface area contributed by atoms with E-state index >= 15 is 0 Å². The fraction of sp³-hybridized carbons (Fsp3) is 0.686. The van der Waals surface area contributed by atoms with Crippen LogP contribution < -0.4 is 21.0 Å². The maximum atomic E-state index is 13.5. The predicted octanol–water partition coefficient (Wildman–Crippen LogP) is 8.10. The molecule has 39 heavy (non-hydrogen) atoms. The molecule has 0 spiro atoms. The van der Waals surface area contributed by atoms with Crippen LogP contribution in [0.1, 0.15) is 137 Å². The zero-order chi connectivity index (χ0) is 28.9. The van der Waals surface area contributed by atoms with Crippen molar-refractivity contribution in [3.63, 3.8) is 0 Å². The second-order valence-electron chi connectivity index (χ2n) is 11.9. The van der Waals surface area contributed by atoms with Crippen LogP contribution in [-0.4, -0.2) is 22.9 Å². The van der Waals surface area contributed by atoms with Gasteiger partial charge in [-0.2, -0.15) is 0 Å². The Balaban J connectivity index is 2.54. The summed E-state index contributed by atoms with van der Waals surface area (Å²) < 4.78 is 1.81. The van der Waals surface area contributed by atoms with Gasteiger partial charge in [0.05, 0.1) is 16.6 Å². The molecule has 0 fully saturated rings. The number of aryl methyl sites for hydroxylation is 1. The summed E-state index contributed by atoms with van der Waals surface area (Å²) in [6.07, 6.45) is 14.2. The van der Waals surface area contributed by atoms with Crippen LogP contribution in [-0.2, 0) is 0 Å². The van der Waals surface area contributed by atoms with E-state index in [2.05, 4.69) is 96.6 Å². The van der Waals surface area contributed by atoms with E-state index in [1.807, 2.05) is 4.68 Å². The lowest BCUT2D eigenvalue weighted by Crippen LogP contribution is -2.36. The number of nitrogens with one attached hydrogen (secondary N) is 1. The minimum Gasteiger partial charge on any atom is -0.371 e. The molecule has 220 valence electrons. The molecule has 0 radical (unpaired) electrons. The SMILES string of the molecule is CCCCC(CC)CN(CC(CC)CCCC)c1ccc(C=c2c(=C(C)CC)[nH]n(C(C)CC)c2=O)c(C)c1. The first-order valence-corrected chi connectivity index (χ1v) is 16.1. The standard InChI is InChI=1S/C35H59N3O/c1-10-16-18-29(14-5)24-37(25-30(15-6)19-17-11-2)32-21-20-31(27(8)22-32)23-33-34(26(7)12-3)36-38(35(33)39)28(9)13-4/h20-23,28-30,36H,10-19,24-25H2,1-9H3. The summed E-state index contributed by atoms with van der Waals surface area (Å²) in [6.45, 7) is 22.3. The quantitative estimate of drug-likeness (QED) is 0.221. The monoisotopic (exact) mass is 537 g/mol. The molecule has 1 aromatic heterocycles. The zero-order valence-electron chi connectivity index (χ0n) is 26.8. The Morgan fingerprint density at radius 2 is 1.54 bits per heavy atom. The first kappa shape index (κ1) is 33.0. The summed E-state index contributed by atoms with van der Waals surface area (Å²) in [4.78, 5) is 16.1. The first-order chi connectivity index (χ1) is 18.7. The van der Waals surface area contributed by atoms with E-state index in [1.165, 1.54) is 68.2 Å². The number of hydrogen-bond acceptors (Lipinski definition) is 2. The summed E-state index contributed by atoms with van der Waals surface area (Å²) in [7, 11) is 0. The van der Waals surface area contributed by atoms with Gasteiger partial charge in [0.1, 0.15) is 0 Å². The van der Waals surface area contributed by atoms with Crippen LogP contribution in [0.2, 0.25) is 0 Å². The Bertz CT molecular complexity index is 1150. The molecule has 0 saturated carbocycles. The number of anilines is 1. The van der Waals surface area contributed by atoms with Gasteiger partial charge in [-0.3, -0.25) is 9.89 Å². The summed E-state index contributed by atoms with van der Waals surface area (Å²) >= 11 is 0. The number of hydrogen-bond donors (Lipinski definition) is 1. The highest BCUT2D eigenvalue weighted by Gasteiger charge is 2.18. The number of benzene rings is 1. The van der Waals surface area contributed by atoms with Gasteiger partial charge in [-0.1, -0.05) is 86.1 Å². The highest BCUT2D eigenvalue weighted by atomic mass is 16.1. The van der Waals surface area contributed by atoms with E-state index < -0.39 is 0 Å². The molecule has 1 heterocycles. The van der Waals surface area contributed by atoms with Crippen molar-refractivity contribution in [2.75, 3.05) is 18.0 Å². The van der Waals surface area contributed by atoms with Crippen LogP contribution in [0.25, 0.3) is 11.6 Å². The van der Waals surface area contributed by atoms with E-state index in [-0.39, 0.29) is 11.6 Å². The number of H-pyrrole nitrogens is 1. The molecule has 4 nitrogen and oxygen atoms in total. The topological polar surface area (TPSA) is 41.0 Å². The molecule has 3 unspecified atom stereocenters. The second-order valence-corrected chi connectivity index (χ2v) is 11.9. The van der Waals surface area contributed by atoms with Gasteiger partial charge in [0, 0.05) is 18.8 Å². The smallest absolute Gasteiger partial charge is 0.274 e. The van der Waals surface area contributed by atoms with E-state index in [9.17, 15) is 4.79 Å². The van der Waals surface area contributed by atoms with Crippen molar-refractivity contribution in [3.05, 3.63) is 50.2 Å². The lowest BCUT2D eigenvalue weighted by molar-refractivity contribution is 0.403. The van der Waals surface area contributed by atoms with Gasteiger partial charge in [-0.25, -0.2) is 4.68 Å². The lowest BCUT2D eigenvalue weighted by Gasteiger charge is -2.33. The van der Waals surface area contributed by atoms with Gasteiger partial charge in [0.25, 0.3) is 5.56 Å². The molecule has 0 saturated heterocycles. The van der Waals surface area contributed by atoms with E-state index in [4.69, 9.17) is 0 Å². The Morgan fingerprint density at radius 1 is 0.949 bits per heavy atom. The molecule has 0 bridgehead atoms. The third kappa shape index (κ3) is 9.15. The molecule has 0 aliphatic carbocycles. The molecule has 1 N–H and O–H groups in total. The molecular weight excluding hydrogens is 478 g/mol. The van der Waals surface area contributed by atoms with Gasteiger partial charge in [0.15, 0.2) is 0 Å². The molecule has 3 atom stereocenters. The largest absolute Gasteiger partial charge is 0.371 e. The fourth-order valence-corrected chi connectivity index (χ4v) is 5.51. The molecule has 0 amide bonds. The lowest BCUT2D eigenvalue weighted by atomic mass is 9.95. The maximum absolute atomic E-state index is 13.5. The highest BCUT2D eigenvalue weighted by molar-refractivity contribution is 5.60. The summed E-state index contributed by atoms with van der Waals surface area (Å²) in [6, 6.07) is 7.05. The Morgan fingerprint density at radius 3 is 2.00 bits per heavy atom. The molecule has 1 aromatic carbocycles. The Kier molecular flexibility index (Phi) is 14.2. The number of nitrogens with zero attached hydrogens (tertiary/aromatic N) is 2. The maximum Gasteiger partial charge on any atom is 0.274 e. The van der Waals surface area contributed by atoms with Crippen molar-refractivity contribution in [1.29, 1.82) is 0 Å². The summed E-state index contributed by atoms with van der Waals surface area (Å²) in [5, 5.41) is 5.21. The Labute approximate surface area is 239 Å². The summed E-state index contributed by atoms with van der Waals surface area (Å²) in [5.74, 6) is 1.46. The van der Waals surface area contributed by atoms with Gasteiger partial charge < -0.3 is 4.90 Å². The predicted molar refractivity (Wildman–Crippen MR) is 172 cm³/mol.